The van der Waals surface area contributed by atoms with E-state index < -0.39 is 0 Å². The van der Waals surface area contributed by atoms with Gasteiger partial charge in [-0.15, -0.1) is 0 Å². The lowest BCUT2D eigenvalue weighted by Gasteiger charge is -2.28. The molecule has 1 fully saturated rings. The Kier molecular flexibility index (Phi) is 7.58. The average Bonchev–Trinajstić information content (AvgIpc) is 3.44. The second-order valence-electron chi connectivity index (χ2n) is 9.83. The number of aromatic amines is 1. The third-order valence-corrected chi connectivity index (χ3v) is 7.38. The van der Waals surface area contributed by atoms with Crippen molar-refractivity contribution in [3.8, 4) is 22.4 Å². The maximum absolute atomic E-state index is 13.2. The van der Waals surface area contributed by atoms with Crippen molar-refractivity contribution < 1.29 is 4.79 Å². The summed E-state index contributed by atoms with van der Waals surface area (Å²) in [5.74, 6) is 1.50. The molecule has 1 amide bonds. The second kappa shape index (κ2) is 11.4. The molecule has 0 bridgehead atoms. The molecule has 4 aromatic rings. The van der Waals surface area contributed by atoms with E-state index in [1.807, 2.05) is 30.5 Å². The summed E-state index contributed by atoms with van der Waals surface area (Å²) < 4.78 is 0. The first kappa shape index (κ1) is 24.0. The maximum atomic E-state index is 13.2. The summed E-state index contributed by atoms with van der Waals surface area (Å²) in [6.45, 7) is 0.715. The zero-order valence-electron chi connectivity index (χ0n) is 20.6. The molecule has 3 aromatic carbocycles. The standard InChI is InChI=1S/C31H34N4O/c32-20-23-11-13-27(14-12-23)31(36)35-28(19-22-7-3-1-4-8-22)30-33-21-29(34-30)26-17-15-25(16-18-26)24-9-5-2-6-10-24/h1-10,15-18,21,23,27-28H,11-14,19-20,32H2,(H,33,34)(H,35,36)/t23?,27?,28-/m0/s1. The van der Waals surface area contributed by atoms with E-state index in [4.69, 9.17) is 10.7 Å². The van der Waals surface area contributed by atoms with Crippen LogP contribution in [0.4, 0.5) is 0 Å². The van der Waals surface area contributed by atoms with Crippen LogP contribution in [-0.2, 0) is 11.2 Å². The second-order valence-corrected chi connectivity index (χ2v) is 9.83. The van der Waals surface area contributed by atoms with Gasteiger partial charge in [-0.3, -0.25) is 4.79 Å². The molecule has 1 aliphatic carbocycles. The normalized spacial score (nSPS) is 18.5. The lowest BCUT2D eigenvalue weighted by Crippen LogP contribution is -2.37. The Labute approximate surface area is 213 Å². The Hall–Kier alpha value is -3.70. The lowest BCUT2D eigenvalue weighted by atomic mass is 9.81. The molecule has 4 N–H and O–H groups in total. The van der Waals surface area contributed by atoms with Crippen LogP contribution in [0.2, 0.25) is 0 Å². The number of amides is 1. The van der Waals surface area contributed by atoms with Gasteiger partial charge >= 0.3 is 0 Å². The van der Waals surface area contributed by atoms with Crippen LogP contribution in [0, 0.1) is 11.8 Å². The Balaban J connectivity index is 1.33. The van der Waals surface area contributed by atoms with Crippen LogP contribution in [0.15, 0.2) is 91.1 Å². The molecule has 0 aliphatic heterocycles. The topological polar surface area (TPSA) is 83.8 Å². The third kappa shape index (κ3) is 5.74. The van der Waals surface area contributed by atoms with Crippen molar-refractivity contribution in [2.24, 2.45) is 17.6 Å². The Morgan fingerprint density at radius 1 is 0.861 bits per heavy atom. The first-order valence-electron chi connectivity index (χ1n) is 12.9. The minimum atomic E-state index is -0.218. The zero-order valence-corrected chi connectivity index (χ0v) is 20.6. The fraction of sp³-hybridized carbons (Fsp3) is 0.290. The number of aromatic nitrogens is 2. The zero-order chi connectivity index (χ0) is 24.7. The molecule has 0 radical (unpaired) electrons. The molecule has 0 unspecified atom stereocenters. The molecular weight excluding hydrogens is 444 g/mol. The minimum Gasteiger partial charge on any atom is -0.346 e. The summed E-state index contributed by atoms with van der Waals surface area (Å²) in [6.07, 6.45) is 6.42. The Morgan fingerprint density at radius 3 is 2.14 bits per heavy atom. The van der Waals surface area contributed by atoms with E-state index in [0.29, 0.717) is 18.9 Å². The number of H-pyrrole nitrogens is 1. The summed E-state index contributed by atoms with van der Waals surface area (Å²) in [7, 11) is 0. The predicted molar refractivity (Wildman–Crippen MR) is 145 cm³/mol. The predicted octanol–water partition coefficient (Wildman–Crippen LogP) is 5.91. The molecular formula is C31H34N4O. The van der Waals surface area contributed by atoms with E-state index in [1.54, 1.807) is 0 Å². The molecule has 0 spiro atoms. The van der Waals surface area contributed by atoms with Gasteiger partial charge in [-0.1, -0.05) is 84.9 Å². The smallest absolute Gasteiger partial charge is 0.223 e. The lowest BCUT2D eigenvalue weighted by molar-refractivity contribution is -0.127. The Bertz CT molecular complexity index is 1240. The quantitative estimate of drug-likeness (QED) is 0.294. The number of rotatable bonds is 8. The van der Waals surface area contributed by atoms with Gasteiger partial charge in [0.1, 0.15) is 5.82 Å². The fourth-order valence-electron chi connectivity index (χ4n) is 5.15. The molecule has 1 aromatic heterocycles. The van der Waals surface area contributed by atoms with Crippen molar-refractivity contribution in [1.29, 1.82) is 0 Å². The van der Waals surface area contributed by atoms with Crippen molar-refractivity contribution in [2.75, 3.05) is 6.54 Å². The van der Waals surface area contributed by atoms with E-state index in [1.165, 1.54) is 16.7 Å². The van der Waals surface area contributed by atoms with Gasteiger partial charge in [-0.05, 0) is 66.8 Å². The number of carbonyl (C=O) groups excluding carboxylic acids is 1. The summed E-state index contributed by atoms with van der Waals surface area (Å²) in [5.41, 5.74) is 11.4. The van der Waals surface area contributed by atoms with Gasteiger partial charge < -0.3 is 16.0 Å². The summed E-state index contributed by atoms with van der Waals surface area (Å²) >= 11 is 0. The SMILES string of the molecule is NCC1CCC(C(=O)N[C@@H](Cc2ccccc2)c2ncc(-c3ccc(-c4ccccc4)cc3)[nH]2)CC1. The molecule has 5 rings (SSSR count). The van der Waals surface area contributed by atoms with Crippen LogP contribution in [-0.4, -0.2) is 22.4 Å². The highest BCUT2D eigenvalue weighted by molar-refractivity contribution is 5.79. The van der Waals surface area contributed by atoms with E-state index in [9.17, 15) is 4.79 Å². The van der Waals surface area contributed by atoms with Gasteiger partial charge in [0.05, 0.1) is 17.9 Å². The number of carbonyl (C=O) groups is 1. The minimum absolute atomic E-state index is 0.0473. The molecule has 5 heteroatoms. The summed E-state index contributed by atoms with van der Waals surface area (Å²) in [6, 6.07) is 28.9. The summed E-state index contributed by atoms with van der Waals surface area (Å²) in [5, 5.41) is 3.32. The molecule has 1 atom stereocenters. The highest BCUT2D eigenvalue weighted by Crippen LogP contribution is 2.30. The van der Waals surface area contributed by atoms with Crippen molar-refractivity contribution in [1.82, 2.24) is 15.3 Å². The molecule has 1 heterocycles. The first-order chi connectivity index (χ1) is 17.7. The van der Waals surface area contributed by atoms with Gasteiger partial charge in [0.25, 0.3) is 0 Å². The number of hydrogen-bond acceptors (Lipinski definition) is 3. The number of hydrogen-bond donors (Lipinski definition) is 3. The molecule has 5 nitrogen and oxygen atoms in total. The largest absolute Gasteiger partial charge is 0.346 e. The van der Waals surface area contributed by atoms with Crippen LogP contribution >= 0.6 is 0 Å². The molecule has 184 valence electrons. The summed E-state index contributed by atoms with van der Waals surface area (Å²) in [4.78, 5) is 21.4. The monoisotopic (exact) mass is 478 g/mol. The van der Waals surface area contributed by atoms with Crippen molar-refractivity contribution >= 4 is 5.91 Å². The highest BCUT2D eigenvalue weighted by atomic mass is 16.1. The van der Waals surface area contributed by atoms with E-state index in [2.05, 4.69) is 71.0 Å². The molecule has 1 aliphatic rings. The molecule has 36 heavy (non-hydrogen) atoms. The number of nitrogens with one attached hydrogen (secondary N) is 2. The fourth-order valence-corrected chi connectivity index (χ4v) is 5.15. The van der Waals surface area contributed by atoms with E-state index >= 15 is 0 Å². The Morgan fingerprint density at radius 2 is 1.47 bits per heavy atom. The average molecular weight is 479 g/mol. The maximum Gasteiger partial charge on any atom is 0.223 e. The van der Waals surface area contributed by atoms with Gasteiger partial charge in [0.15, 0.2) is 0 Å². The van der Waals surface area contributed by atoms with Gasteiger partial charge in [-0.25, -0.2) is 4.98 Å². The third-order valence-electron chi connectivity index (χ3n) is 7.38. The van der Waals surface area contributed by atoms with Crippen LogP contribution in [0.3, 0.4) is 0 Å². The van der Waals surface area contributed by atoms with Gasteiger partial charge in [-0.2, -0.15) is 0 Å². The molecule has 1 saturated carbocycles. The van der Waals surface area contributed by atoms with E-state index in [0.717, 1.165) is 42.8 Å². The van der Waals surface area contributed by atoms with Crippen molar-refractivity contribution in [3.05, 3.63) is 103 Å². The van der Waals surface area contributed by atoms with E-state index in [-0.39, 0.29) is 17.9 Å². The molecule has 0 saturated heterocycles. The number of benzene rings is 3. The highest BCUT2D eigenvalue weighted by Gasteiger charge is 2.28. The van der Waals surface area contributed by atoms with Crippen LogP contribution in [0.5, 0.6) is 0 Å². The van der Waals surface area contributed by atoms with Gasteiger partial charge in [0.2, 0.25) is 5.91 Å². The first-order valence-corrected chi connectivity index (χ1v) is 12.9. The van der Waals surface area contributed by atoms with Crippen molar-refractivity contribution in [2.45, 2.75) is 38.1 Å². The van der Waals surface area contributed by atoms with Crippen LogP contribution < -0.4 is 11.1 Å². The van der Waals surface area contributed by atoms with Crippen LogP contribution in [0.1, 0.15) is 43.1 Å². The number of nitrogens with zero attached hydrogens (tertiary/aromatic N) is 1. The van der Waals surface area contributed by atoms with Gasteiger partial charge in [0, 0.05) is 5.92 Å². The number of nitrogens with two attached hydrogens (primary N) is 1. The van der Waals surface area contributed by atoms with Crippen molar-refractivity contribution in [3.63, 3.8) is 0 Å². The van der Waals surface area contributed by atoms with Crippen LogP contribution in [0.25, 0.3) is 22.4 Å². The number of imidazole rings is 1.